The first-order valence-electron chi connectivity index (χ1n) is 8.58. The lowest BCUT2D eigenvalue weighted by Gasteiger charge is -2.27. The number of carbonyl (C=O) groups excluding carboxylic acids is 1. The quantitative estimate of drug-likeness (QED) is 0.488. The lowest BCUT2D eigenvalue weighted by Crippen LogP contribution is -2.29. The van der Waals surface area contributed by atoms with Crippen molar-refractivity contribution >= 4 is 5.97 Å². The van der Waals surface area contributed by atoms with Gasteiger partial charge in [-0.1, -0.05) is 46.8 Å². The van der Waals surface area contributed by atoms with Crippen molar-refractivity contribution in [2.45, 2.75) is 79.6 Å². The van der Waals surface area contributed by atoms with Gasteiger partial charge in [0, 0.05) is 6.42 Å². The van der Waals surface area contributed by atoms with E-state index in [2.05, 4.69) is 34.6 Å². The summed E-state index contributed by atoms with van der Waals surface area (Å²) in [6, 6.07) is 7.69. The van der Waals surface area contributed by atoms with E-state index in [1.54, 1.807) is 0 Å². The Morgan fingerprint density at radius 3 is 2.09 bits per heavy atom. The van der Waals surface area contributed by atoms with Crippen molar-refractivity contribution < 1.29 is 14.3 Å². The van der Waals surface area contributed by atoms with Crippen LogP contribution in [0.5, 0.6) is 0 Å². The van der Waals surface area contributed by atoms with Crippen molar-refractivity contribution in [2.24, 2.45) is 5.41 Å². The van der Waals surface area contributed by atoms with Crippen LogP contribution in [0.3, 0.4) is 0 Å². The molecule has 23 heavy (non-hydrogen) atoms. The number of carbonyl (C=O) groups is 1. The number of ether oxygens (including phenoxy) is 2. The third kappa shape index (κ3) is 7.17. The van der Waals surface area contributed by atoms with Gasteiger partial charge in [0.05, 0.1) is 11.7 Å². The third-order valence-electron chi connectivity index (χ3n) is 3.77. The molecule has 3 nitrogen and oxygen atoms in total. The molecule has 2 unspecified atom stereocenters. The summed E-state index contributed by atoms with van der Waals surface area (Å²) < 4.78 is 11.3. The fraction of sp³-hybridized carbons (Fsp3) is 0.650. The van der Waals surface area contributed by atoms with Gasteiger partial charge in [-0.05, 0) is 49.3 Å². The van der Waals surface area contributed by atoms with E-state index >= 15 is 0 Å². The van der Waals surface area contributed by atoms with Gasteiger partial charge in [-0.3, -0.25) is 0 Å². The van der Waals surface area contributed by atoms with E-state index in [1.165, 1.54) is 5.56 Å². The fourth-order valence-electron chi connectivity index (χ4n) is 2.29. The van der Waals surface area contributed by atoms with Gasteiger partial charge in [0.2, 0.25) is 6.29 Å². The average Bonchev–Trinajstić information content (AvgIpc) is 2.44. The maximum atomic E-state index is 12.4. The van der Waals surface area contributed by atoms with Crippen molar-refractivity contribution in [2.75, 3.05) is 0 Å². The summed E-state index contributed by atoms with van der Waals surface area (Å²) in [6.45, 7) is 14.6. The molecule has 1 rings (SSSR count). The topological polar surface area (TPSA) is 35.5 Å². The Bertz CT molecular complexity index is 483. The summed E-state index contributed by atoms with van der Waals surface area (Å²) in [7, 11) is 0. The van der Waals surface area contributed by atoms with E-state index < -0.39 is 6.29 Å². The summed E-state index contributed by atoms with van der Waals surface area (Å²) in [5, 5.41) is 0. The van der Waals surface area contributed by atoms with E-state index in [9.17, 15) is 4.79 Å². The van der Waals surface area contributed by atoms with Crippen molar-refractivity contribution in [3.63, 3.8) is 0 Å². The molecule has 130 valence electrons. The summed E-state index contributed by atoms with van der Waals surface area (Å²) >= 11 is 0. The molecule has 0 aliphatic rings. The fourth-order valence-corrected chi connectivity index (χ4v) is 2.29. The minimum Gasteiger partial charge on any atom is -0.432 e. The highest BCUT2D eigenvalue weighted by Crippen LogP contribution is 2.25. The molecule has 0 amide bonds. The third-order valence-corrected chi connectivity index (χ3v) is 3.77. The Balaban J connectivity index is 2.77. The van der Waals surface area contributed by atoms with Gasteiger partial charge in [0.25, 0.3) is 0 Å². The molecule has 0 saturated carbocycles. The number of esters is 1. The number of benzene rings is 1. The molecular weight excluding hydrogens is 288 g/mol. The second-order valence-electron chi connectivity index (χ2n) is 7.72. The highest BCUT2D eigenvalue weighted by Gasteiger charge is 2.24. The first-order valence-corrected chi connectivity index (χ1v) is 8.58. The van der Waals surface area contributed by atoms with Gasteiger partial charge in [-0.25, -0.2) is 4.79 Å². The lowest BCUT2D eigenvalue weighted by atomic mass is 9.92. The first kappa shape index (κ1) is 19.7. The van der Waals surface area contributed by atoms with Gasteiger partial charge in [-0.2, -0.15) is 0 Å². The Morgan fingerprint density at radius 2 is 1.65 bits per heavy atom. The van der Waals surface area contributed by atoms with Crippen molar-refractivity contribution in [3.8, 4) is 0 Å². The van der Waals surface area contributed by atoms with Crippen LogP contribution in [0.4, 0.5) is 0 Å². The maximum Gasteiger partial charge on any atom is 0.340 e. The smallest absolute Gasteiger partial charge is 0.340 e. The molecule has 1 aromatic rings. The first-order chi connectivity index (χ1) is 10.6. The zero-order valence-corrected chi connectivity index (χ0v) is 15.7. The van der Waals surface area contributed by atoms with Gasteiger partial charge in [0.15, 0.2) is 0 Å². The molecule has 2 atom stereocenters. The number of rotatable bonds is 7. The zero-order valence-electron chi connectivity index (χ0n) is 15.7. The molecule has 0 radical (unpaired) electrons. The molecule has 0 aliphatic carbocycles. The molecule has 0 spiro atoms. The minimum absolute atomic E-state index is 0.0166. The van der Waals surface area contributed by atoms with E-state index in [-0.39, 0.29) is 17.5 Å². The normalized spacial score (nSPS) is 14.6. The zero-order chi connectivity index (χ0) is 17.6. The highest BCUT2D eigenvalue weighted by atomic mass is 16.7. The molecule has 3 heteroatoms. The molecule has 1 aromatic carbocycles. The summed E-state index contributed by atoms with van der Waals surface area (Å²) in [5.41, 5.74) is 1.84. The summed E-state index contributed by atoms with van der Waals surface area (Å²) in [4.78, 5) is 12.4. The predicted molar refractivity (Wildman–Crippen MR) is 94.6 cm³/mol. The van der Waals surface area contributed by atoms with Gasteiger partial charge < -0.3 is 9.47 Å². The molecule has 0 aliphatic heterocycles. The Morgan fingerprint density at radius 1 is 1.09 bits per heavy atom. The standard InChI is InChI=1S/C20H32O3/c1-8-15(4)16-9-11-17(12-10-16)19(21)23-18(22-14(2)3)13-20(5,6)7/h9-12,14-15,18H,8,13H2,1-7H3. The van der Waals surface area contributed by atoms with E-state index in [0.29, 0.717) is 17.9 Å². The molecule has 0 aromatic heterocycles. The summed E-state index contributed by atoms with van der Waals surface area (Å²) in [5.74, 6) is 0.175. The van der Waals surface area contributed by atoms with Crippen LogP contribution in [-0.4, -0.2) is 18.4 Å². The molecule has 0 saturated heterocycles. The average molecular weight is 320 g/mol. The van der Waals surface area contributed by atoms with Gasteiger partial charge in [-0.15, -0.1) is 0 Å². The Kier molecular flexibility index (Phi) is 7.27. The summed E-state index contributed by atoms with van der Waals surface area (Å²) in [6.07, 6.45) is 1.25. The predicted octanol–water partition coefficient (Wildman–Crippen LogP) is 5.54. The van der Waals surface area contributed by atoms with E-state index in [4.69, 9.17) is 9.47 Å². The lowest BCUT2D eigenvalue weighted by molar-refractivity contribution is -0.146. The Labute approximate surface area is 141 Å². The largest absolute Gasteiger partial charge is 0.432 e. The van der Waals surface area contributed by atoms with Gasteiger partial charge >= 0.3 is 5.97 Å². The molecule has 0 bridgehead atoms. The molecular formula is C20H32O3. The van der Waals surface area contributed by atoms with Crippen molar-refractivity contribution in [1.29, 1.82) is 0 Å². The highest BCUT2D eigenvalue weighted by molar-refractivity contribution is 5.89. The molecule has 0 fully saturated rings. The molecule has 0 heterocycles. The SMILES string of the molecule is CCC(C)c1ccc(C(=O)OC(CC(C)(C)C)OC(C)C)cc1. The molecule has 0 N–H and O–H groups in total. The van der Waals surface area contributed by atoms with Crippen LogP contribution in [0.25, 0.3) is 0 Å². The van der Waals surface area contributed by atoms with Crippen LogP contribution in [-0.2, 0) is 9.47 Å². The van der Waals surface area contributed by atoms with Crippen LogP contribution in [0.2, 0.25) is 0 Å². The number of hydrogen-bond acceptors (Lipinski definition) is 3. The van der Waals surface area contributed by atoms with E-state index in [0.717, 1.165) is 6.42 Å². The second-order valence-corrected chi connectivity index (χ2v) is 7.72. The van der Waals surface area contributed by atoms with Crippen LogP contribution in [0.1, 0.15) is 83.1 Å². The van der Waals surface area contributed by atoms with Crippen molar-refractivity contribution in [3.05, 3.63) is 35.4 Å². The van der Waals surface area contributed by atoms with Crippen LogP contribution < -0.4 is 0 Å². The second kappa shape index (κ2) is 8.49. The number of hydrogen-bond donors (Lipinski definition) is 0. The van der Waals surface area contributed by atoms with Gasteiger partial charge in [0.1, 0.15) is 0 Å². The monoisotopic (exact) mass is 320 g/mol. The van der Waals surface area contributed by atoms with Crippen LogP contribution >= 0.6 is 0 Å². The van der Waals surface area contributed by atoms with Crippen LogP contribution in [0, 0.1) is 5.41 Å². The van der Waals surface area contributed by atoms with Crippen molar-refractivity contribution in [1.82, 2.24) is 0 Å². The Hall–Kier alpha value is -1.35. The minimum atomic E-state index is -0.517. The van der Waals surface area contributed by atoms with Crippen LogP contribution in [0.15, 0.2) is 24.3 Å². The van der Waals surface area contributed by atoms with E-state index in [1.807, 2.05) is 38.1 Å². The maximum absolute atomic E-state index is 12.4.